The summed E-state index contributed by atoms with van der Waals surface area (Å²) in [5.74, 6) is -0.711. The van der Waals surface area contributed by atoms with Gasteiger partial charge in [0, 0.05) is 5.56 Å². The van der Waals surface area contributed by atoms with Gasteiger partial charge in [-0.1, -0.05) is 6.92 Å². The number of primary amides is 1. The van der Waals surface area contributed by atoms with E-state index in [4.69, 9.17) is 14.9 Å². The summed E-state index contributed by atoms with van der Waals surface area (Å²) < 4.78 is 10.8. The van der Waals surface area contributed by atoms with Crippen molar-refractivity contribution in [3.8, 4) is 5.75 Å². The maximum absolute atomic E-state index is 12.5. The quantitative estimate of drug-likeness (QED) is 0.838. The fourth-order valence-electron chi connectivity index (χ4n) is 2.59. The van der Waals surface area contributed by atoms with Gasteiger partial charge in [0.05, 0.1) is 12.0 Å². The summed E-state index contributed by atoms with van der Waals surface area (Å²) in [7, 11) is 0. The van der Waals surface area contributed by atoms with Crippen molar-refractivity contribution in [1.82, 2.24) is 0 Å². The number of nitrogens with two attached hydrogens (primary N) is 1. The van der Waals surface area contributed by atoms with Crippen LogP contribution < -0.4 is 15.4 Å². The number of rotatable bonds is 5. The number of hydrogen-bond donors (Lipinski definition) is 1. The van der Waals surface area contributed by atoms with Crippen LogP contribution >= 0.6 is 0 Å². The molecule has 24 heavy (non-hydrogen) atoms. The molecule has 0 radical (unpaired) electrons. The van der Waals surface area contributed by atoms with Gasteiger partial charge in [-0.15, -0.1) is 0 Å². The molecule has 1 aliphatic heterocycles. The molecule has 1 aromatic heterocycles. The maximum atomic E-state index is 12.5. The highest BCUT2D eigenvalue weighted by atomic mass is 16.5. The summed E-state index contributed by atoms with van der Waals surface area (Å²) in [6.07, 6.45) is 1.19. The minimum Gasteiger partial charge on any atom is -0.478 e. The minimum absolute atomic E-state index is 0.186. The normalized spacial score (nSPS) is 16.5. The SMILES string of the molecule is CC[C@H]1Oc2ccc(C(=O)c3ccco3)cc2N(CC(N)=O)C1=O. The van der Waals surface area contributed by atoms with Gasteiger partial charge in [0.1, 0.15) is 12.3 Å². The average Bonchev–Trinajstić information content (AvgIpc) is 3.10. The van der Waals surface area contributed by atoms with E-state index >= 15 is 0 Å². The van der Waals surface area contributed by atoms with Crippen LogP contribution in [0.5, 0.6) is 5.75 Å². The van der Waals surface area contributed by atoms with Crippen molar-refractivity contribution < 1.29 is 23.5 Å². The minimum atomic E-state index is -0.677. The molecule has 0 saturated heterocycles. The van der Waals surface area contributed by atoms with Gasteiger partial charge in [0.2, 0.25) is 11.7 Å². The van der Waals surface area contributed by atoms with Crippen molar-refractivity contribution in [1.29, 1.82) is 0 Å². The van der Waals surface area contributed by atoms with E-state index in [2.05, 4.69) is 0 Å². The molecule has 0 saturated carbocycles. The van der Waals surface area contributed by atoms with E-state index in [9.17, 15) is 14.4 Å². The van der Waals surface area contributed by atoms with E-state index in [-0.39, 0.29) is 24.0 Å². The van der Waals surface area contributed by atoms with Crippen LogP contribution in [-0.2, 0) is 9.59 Å². The second-order valence-corrected chi connectivity index (χ2v) is 5.39. The number of ether oxygens (including phenoxy) is 1. The van der Waals surface area contributed by atoms with E-state index in [0.29, 0.717) is 23.4 Å². The first-order chi connectivity index (χ1) is 11.5. The molecule has 1 atom stereocenters. The number of fused-ring (bicyclic) bond motifs is 1. The van der Waals surface area contributed by atoms with Crippen LogP contribution in [-0.4, -0.2) is 30.2 Å². The first-order valence-electron chi connectivity index (χ1n) is 7.50. The molecule has 0 aliphatic carbocycles. The largest absolute Gasteiger partial charge is 0.478 e. The van der Waals surface area contributed by atoms with E-state index in [1.807, 2.05) is 6.92 Å². The molecule has 0 fully saturated rings. The Morgan fingerprint density at radius 2 is 2.08 bits per heavy atom. The van der Waals surface area contributed by atoms with Gasteiger partial charge in [-0.25, -0.2) is 0 Å². The van der Waals surface area contributed by atoms with Crippen LogP contribution in [0, 0.1) is 0 Å². The lowest BCUT2D eigenvalue weighted by Crippen LogP contribution is -2.48. The van der Waals surface area contributed by atoms with Crippen LogP contribution in [0.2, 0.25) is 0 Å². The highest BCUT2D eigenvalue weighted by Crippen LogP contribution is 2.36. The van der Waals surface area contributed by atoms with Crippen LogP contribution in [0.3, 0.4) is 0 Å². The lowest BCUT2D eigenvalue weighted by atomic mass is 10.0. The van der Waals surface area contributed by atoms with Crippen LogP contribution in [0.25, 0.3) is 0 Å². The number of carbonyl (C=O) groups is 3. The molecule has 0 bridgehead atoms. The number of carbonyl (C=O) groups excluding carboxylic acids is 3. The molecule has 2 heterocycles. The highest BCUT2D eigenvalue weighted by Gasteiger charge is 2.34. The molecule has 124 valence electrons. The Hall–Kier alpha value is -3.09. The van der Waals surface area contributed by atoms with Gasteiger partial charge in [-0.05, 0) is 36.8 Å². The van der Waals surface area contributed by atoms with Crippen molar-refractivity contribution >= 4 is 23.3 Å². The number of ketones is 1. The standard InChI is InChI=1S/C17H16N2O5/c1-2-12-17(22)19(9-15(18)20)11-8-10(5-6-13(11)24-12)16(21)14-4-3-7-23-14/h3-8,12H,2,9H2,1H3,(H2,18,20)/t12-/m1/s1. The second-order valence-electron chi connectivity index (χ2n) is 5.39. The van der Waals surface area contributed by atoms with Gasteiger partial charge in [0.15, 0.2) is 11.9 Å². The molecule has 2 aromatic rings. The van der Waals surface area contributed by atoms with Gasteiger partial charge >= 0.3 is 0 Å². The summed E-state index contributed by atoms with van der Waals surface area (Å²) in [5, 5.41) is 0. The zero-order chi connectivity index (χ0) is 17.3. The molecule has 2 amide bonds. The Balaban J connectivity index is 2.03. The number of nitrogens with zero attached hydrogens (tertiary/aromatic N) is 1. The first kappa shape index (κ1) is 15.8. The lowest BCUT2D eigenvalue weighted by Gasteiger charge is -2.33. The smallest absolute Gasteiger partial charge is 0.268 e. The second kappa shape index (κ2) is 6.19. The zero-order valence-electron chi connectivity index (χ0n) is 13.0. The van der Waals surface area contributed by atoms with Crippen molar-refractivity contribution in [2.75, 3.05) is 11.4 Å². The third-order valence-corrected chi connectivity index (χ3v) is 3.75. The molecule has 7 nitrogen and oxygen atoms in total. The number of anilines is 1. The van der Waals surface area contributed by atoms with Crippen molar-refractivity contribution in [3.05, 3.63) is 47.9 Å². The monoisotopic (exact) mass is 328 g/mol. The fraction of sp³-hybridized carbons (Fsp3) is 0.235. The molecule has 2 N–H and O–H groups in total. The van der Waals surface area contributed by atoms with Crippen molar-refractivity contribution in [2.45, 2.75) is 19.4 Å². The summed E-state index contributed by atoms with van der Waals surface area (Å²) in [4.78, 5) is 37.4. The summed E-state index contributed by atoms with van der Waals surface area (Å²) in [6.45, 7) is 1.54. The van der Waals surface area contributed by atoms with Crippen molar-refractivity contribution in [3.63, 3.8) is 0 Å². The Morgan fingerprint density at radius 1 is 1.29 bits per heavy atom. The van der Waals surface area contributed by atoms with E-state index in [1.54, 1.807) is 24.3 Å². The lowest BCUT2D eigenvalue weighted by molar-refractivity contribution is -0.128. The Morgan fingerprint density at radius 3 is 2.71 bits per heavy atom. The highest BCUT2D eigenvalue weighted by molar-refractivity contribution is 6.09. The van der Waals surface area contributed by atoms with Crippen LogP contribution in [0.1, 0.15) is 29.5 Å². The zero-order valence-corrected chi connectivity index (χ0v) is 13.0. The molecule has 7 heteroatoms. The number of amides is 2. The number of benzene rings is 1. The average molecular weight is 328 g/mol. The third kappa shape index (κ3) is 2.76. The molecule has 1 aromatic carbocycles. The predicted molar refractivity (Wildman–Crippen MR) is 84.8 cm³/mol. The Labute approximate surface area is 138 Å². The Kier molecular flexibility index (Phi) is 4.07. The number of hydrogen-bond acceptors (Lipinski definition) is 5. The van der Waals surface area contributed by atoms with Crippen molar-refractivity contribution in [2.24, 2.45) is 5.73 Å². The molecular weight excluding hydrogens is 312 g/mol. The van der Waals surface area contributed by atoms with Gasteiger partial charge in [-0.2, -0.15) is 0 Å². The summed E-state index contributed by atoms with van der Waals surface area (Å²) in [5.41, 5.74) is 5.92. The maximum Gasteiger partial charge on any atom is 0.268 e. The van der Waals surface area contributed by atoms with E-state index in [0.717, 1.165) is 0 Å². The first-order valence-corrected chi connectivity index (χ1v) is 7.50. The van der Waals surface area contributed by atoms with E-state index < -0.39 is 12.0 Å². The summed E-state index contributed by atoms with van der Waals surface area (Å²) >= 11 is 0. The van der Waals surface area contributed by atoms with Gasteiger partial charge in [-0.3, -0.25) is 19.3 Å². The fourth-order valence-corrected chi connectivity index (χ4v) is 2.59. The van der Waals surface area contributed by atoms with E-state index in [1.165, 1.54) is 17.2 Å². The van der Waals surface area contributed by atoms with Crippen LogP contribution in [0.4, 0.5) is 5.69 Å². The molecule has 1 aliphatic rings. The third-order valence-electron chi connectivity index (χ3n) is 3.75. The topological polar surface area (TPSA) is 103 Å². The molecule has 0 spiro atoms. The van der Waals surface area contributed by atoms with Gasteiger partial charge in [0.25, 0.3) is 5.91 Å². The van der Waals surface area contributed by atoms with Crippen LogP contribution in [0.15, 0.2) is 41.0 Å². The molecular formula is C17H16N2O5. The van der Waals surface area contributed by atoms with Gasteiger partial charge < -0.3 is 14.9 Å². The molecule has 0 unspecified atom stereocenters. The Bertz CT molecular complexity index is 797. The number of furan rings is 1. The predicted octanol–water partition coefficient (Wildman–Crippen LogP) is 1.50. The molecule has 3 rings (SSSR count). The summed E-state index contributed by atoms with van der Waals surface area (Å²) in [6, 6.07) is 7.87.